The first-order chi connectivity index (χ1) is 6.85. The maximum absolute atomic E-state index is 9.04. The lowest BCUT2D eigenvalue weighted by Crippen LogP contribution is -2.13. The number of hydrogen-bond acceptors (Lipinski definition) is 1. The average Bonchev–Trinajstić information content (AvgIpc) is 2.27. The Balaban J connectivity index is 2.67. The van der Waals surface area contributed by atoms with Crippen molar-refractivity contribution in [1.82, 2.24) is 0 Å². The highest BCUT2D eigenvalue weighted by molar-refractivity contribution is 6.50. The molecule has 0 aliphatic rings. The van der Waals surface area contributed by atoms with Gasteiger partial charge in [-0.15, -0.1) is 0 Å². The molecule has 0 unspecified atom stereocenters. The largest absolute Gasteiger partial charge is 0.450 e. The van der Waals surface area contributed by atoms with E-state index >= 15 is 0 Å². The lowest BCUT2D eigenvalue weighted by molar-refractivity contribution is 0.616. The molecule has 2 aromatic carbocycles. The summed E-state index contributed by atoms with van der Waals surface area (Å²) < 4.78 is 0. The van der Waals surface area contributed by atoms with E-state index in [1.54, 1.807) is 0 Å². The Morgan fingerprint density at radius 2 is 2.07 bits per heavy atom. The van der Waals surface area contributed by atoms with E-state index in [2.05, 4.69) is 31.2 Å². The van der Waals surface area contributed by atoms with Crippen LogP contribution in [0.1, 0.15) is 12.5 Å². The molecule has 2 aromatic rings. The first-order valence-electron chi connectivity index (χ1n) is 4.84. The number of aryl methyl sites for hydroxylation is 1. The molecular formula is C12H12BO. The van der Waals surface area contributed by atoms with Crippen LogP contribution in [0.15, 0.2) is 36.4 Å². The number of fused-ring (bicyclic) bond motifs is 1. The molecule has 0 saturated carbocycles. The molecular weight excluding hydrogens is 171 g/mol. The highest BCUT2D eigenvalue weighted by Crippen LogP contribution is 2.14. The average molecular weight is 183 g/mol. The van der Waals surface area contributed by atoms with Crippen LogP contribution in [-0.4, -0.2) is 12.5 Å². The summed E-state index contributed by atoms with van der Waals surface area (Å²) in [6.07, 6.45) is 1.04. The summed E-state index contributed by atoms with van der Waals surface area (Å²) in [5.41, 5.74) is 2.21. The molecule has 1 radical (unpaired) electrons. The number of benzene rings is 2. The van der Waals surface area contributed by atoms with Gasteiger partial charge in [-0.25, -0.2) is 0 Å². The molecule has 0 aliphatic carbocycles. The van der Waals surface area contributed by atoms with Gasteiger partial charge in [-0.1, -0.05) is 43.3 Å². The maximum atomic E-state index is 9.04. The van der Waals surface area contributed by atoms with Crippen LogP contribution in [0.5, 0.6) is 0 Å². The SMILES string of the molecule is CCc1ccc2c([B]O)cccc2c1. The smallest absolute Gasteiger partial charge is 0.327 e. The van der Waals surface area contributed by atoms with Gasteiger partial charge in [0.05, 0.1) is 0 Å². The van der Waals surface area contributed by atoms with Gasteiger partial charge >= 0.3 is 7.48 Å². The van der Waals surface area contributed by atoms with E-state index in [0.29, 0.717) is 0 Å². The van der Waals surface area contributed by atoms with E-state index in [1.165, 1.54) is 10.9 Å². The second kappa shape index (κ2) is 3.85. The second-order valence-corrected chi connectivity index (χ2v) is 3.39. The van der Waals surface area contributed by atoms with Gasteiger partial charge in [0.15, 0.2) is 0 Å². The van der Waals surface area contributed by atoms with Crippen molar-refractivity contribution in [2.24, 2.45) is 0 Å². The highest BCUT2D eigenvalue weighted by atomic mass is 16.2. The Hall–Kier alpha value is -1.28. The first kappa shape index (κ1) is 9.29. The third kappa shape index (κ3) is 1.53. The molecule has 0 amide bonds. The summed E-state index contributed by atoms with van der Waals surface area (Å²) in [7, 11) is 1.16. The summed E-state index contributed by atoms with van der Waals surface area (Å²) in [6.45, 7) is 2.14. The molecule has 69 valence electrons. The van der Waals surface area contributed by atoms with Gasteiger partial charge in [0.2, 0.25) is 0 Å². The fourth-order valence-corrected chi connectivity index (χ4v) is 1.69. The lowest BCUT2D eigenvalue weighted by Gasteiger charge is -2.04. The van der Waals surface area contributed by atoms with E-state index < -0.39 is 0 Å². The number of hydrogen-bond donors (Lipinski definition) is 1. The third-order valence-electron chi connectivity index (χ3n) is 2.53. The molecule has 2 rings (SSSR count). The fraction of sp³-hybridized carbons (Fsp3) is 0.167. The molecule has 1 nitrogen and oxygen atoms in total. The zero-order valence-electron chi connectivity index (χ0n) is 8.20. The van der Waals surface area contributed by atoms with Crippen LogP contribution < -0.4 is 5.46 Å². The zero-order chi connectivity index (χ0) is 9.97. The van der Waals surface area contributed by atoms with Crippen LogP contribution >= 0.6 is 0 Å². The van der Waals surface area contributed by atoms with Crippen molar-refractivity contribution in [3.05, 3.63) is 42.0 Å². The Morgan fingerprint density at radius 1 is 1.21 bits per heavy atom. The quantitative estimate of drug-likeness (QED) is 0.701. The molecule has 0 saturated heterocycles. The second-order valence-electron chi connectivity index (χ2n) is 3.39. The van der Waals surface area contributed by atoms with Crippen molar-refractivity contribution in [1.29, 1.82) is 0 Å². The van der Waals surface area contributed by atoms with E-state index in [0.717, 1.165) is 24.8 Å². The Morgan fingerprint density at radius 3 is 2.79 bits per heavy atom. The topological polar surface area (TPSA) is 20.2 Å². The van der Waals surface area contributed by atoms with Gasteiger partial charge in [0, 0.05) is 0 Å². The molecule has 0 aliphatic heterocycles. The van der Waals surface area contributed by atoms with Crippen molar-refractivity contribution in [3.8, 4) is 0 Å². The van der Waals surface area contributed by atoms with Crippen LogP contribution in [-0.2, 0) is 6.42 Å². The fourth-order valence-electron chi connectivity index (χ4n) is 1.69. The Bertz CT molecular complexity index is 451. The molecule has 0 atom stereocenters. The lowest BCUT2D eigenvalue weighted by atomic mass is 9.84. The van der Waals surface area contributed by atoms with Crippen molar-refractivity contribution in [3.63, 3.8) is 0 Å². The molecule has 0 bridgehead atoms. The Kier molecular flexibility index (Phi) is 2.55. The molecule has 0 aromatic heterocycles. The highest BCUT2D eigenvalue weighted by Gasteiger charge is 2.01. The summed E-state index contributed by atoms with van der Waals surface area (Å²) in [5.74, 6) is 0. The van der Waals surface area contributed by atoms with Crippen molar-refractivity contribution in [2.45, 2.75) is 13.3 Å². The van der Waals surface area contributed by atoms with Gasteiger partial charge in [-0.2, -0.15) is 0 Å². The minimum Gasteiger partial charge on any atom is -0.450 e. The molecule has 14 heavy (non-hydrogen) atoms. The standard InChI is InChI=1S/C12H12BO/c1-2-9-6-7-11-10(8-9)4-3-5-12(11)13-14/h3-8,14H,2H2,1H3. The molecule has 0 heterocycles. The van der Waals surface area contributed by atoms with Crippen LogP contribution in [0.4, 0.5) is 0 Å². The number of rotatable bonds is 2. The van der Waals surface area contributed by atoms with E-state index in [-0.39, 0.29) is 0 Å². The van der Waals surface area contributed by atoms with Crippen LogP contribution in [0, 0.1) is 0 Å². The van der Waals surface area contributed by atoms with Gasteiger partial charge in [0.1, 0.15) is 0 Å². The maximum Gasteiger partial charge on any atom is 0.327 e. The zero-order valence-corrected chi connectivity index (χ0v) is 8.20. The molecule has 1 N–H and O–H groups in total. The van der Waals surface area contributed by atoms with Gasteiger partial charge in [-0.3, -0.25) is 0 Å². The van der Waals surface area contributed by atoms with Gasteiger partial charge < -0.3 is 5.02 Å². The van der Waals surface area contributed by atoms with Crippen molar-refractivity contribution in [2.75, 3.05) is 0 Å². The summed E-state index contributed by atoms with van der Waals surface area (Å²) >= 11 is 0. The Labute approximate surface area is 84.7 Å². The predicted octanol–water partition coefficient (Wildman–Crippen LogP) is 1.64. The van der Waals surface area contributed by atoms with E-state index in [4.69, 9.17) is 5.02 Å². The van der Waals surface area contributed by atoms with Gasteiger partial charge in [-0.05, 0) is 28.2 Å². The van der Waals surface area contributed by atoms with Crippen LogP contribution in [0.25, 0.3) is 10.8 Å². The first-order valence-corrected chi connectivity index (χ1v) is 4.84. The monoisotopic (exact) mass is 183 g/mol. The van der Waals surface area contributed by atoms with Gasteiger partial charge in [0.25, 0.3) is 0 Å². The third-order valence-corrected chi connectivity index (χ3v) is 2.53. The summed E-state index contributed by atoms with van der Waals surface area (Å²) in [4.78, 5) is 0. The molecule has 2 heteroatoms. The van der Waals surface area contributed by atoms with Crippen molar-refractivity contribution < 1.29 is 5.02 Å². The minimum atomic E-state index is 0.880. The molecule has 0 fully saturated rings. The van der Waals surface area contributed by atoms with E-state index in [1.807, 2.05) is 12.1 Å². The van der Waals surface area contributed by atoms with E-state index in [9.17, 15) is 0 Å². The minimum absolute atomic E-state index is 0.880. The van der Waals surface area contributed by atoms with Crippen LogP contribution in [0.2, 0.25) is 0 Å². The molecule has 0 spiro atoms. The predicted molar refractivity (Wildman–Crippen MR) is 60.9 cm³/mol. The summed E-state index contributed by atoms with van der Waals surface area (Å²) in [5, 5.41) is 11.3. The normalized spacial score (nSPS) is 10.4. The van der Waals surface area contributed by atoms with Crippen molar-refractivity contribution >= 4 is 23.7 Å². The summed E-state index contributed by atoms with van der Waals surface area (Å²) in [6, 6.07) is 12.3. The van der Waals surface area contributed by atoms with Crippen LogP contribution in [0.3, 0.4) is 0 Å².